The maximum absolute atomic E-state index is 12.5. The largest absolute Gasteiger partial charge is 0.467 e. The second-order valence-electron chi connectivity index (χ2n) is 6.76. The van der Waals surface area contributed by atoms with Crippen LogP contribution in [0.1, 0.15) is 42.5 Å². The predicted molar refractivity (Wildman–Crippen MR) is 102 cm³/mol. The molecule has 4 rings (SSSR count). The van der Waals surface area contributed by atoms with Gasteiger partial charge in [-0.3, -0.25) is 4.79 Å². The van der Waals surface area contributed by atoms with Crippen LogP contribution in [0, 0.1) is 0 Å². The molecule has 142 valence electrons. The third kappa shape index (κ3) is 3.68. The van der Waals surface area contributed by atoms with Crippen molar-refractivity contribution in [3.05, 3.63) is 52.5 Å². The van der Waals surface area contributed by atoms with Crippen molar-refractivity contribution in [2.75, 3.05) is 0 Å². The summed E-state index contributed by atoms with van der Waals surface area (Å²) in [5.74, 6) is 0.252. The fraction of sp³-hybridized carbons (Fsp3) is 0.316. The molecule has 0 aromatic heterocycles. The van der Waals surface area contributed by atoms with E-state index >= 15 is 0 Å². The number of halogens is 1. The molecule has 0 radical (unpaired) electrons. The van der Waals surface area contributed by atoms with Gasteiger partial charge >= 0.3 is 10.1 Å². The maximum Gasteiger partial charge on any atom is 0.339 e. The van der Waals surface area contributed by atoms with Crippen molar-refractivity contribution in [1.82, 2.24) is 5.32 Å². The Balaban J connectivity index is 1.62. The topological polar surface area (TPSA) is 81.7 Å². The third-order valence-electron chi connectivity index (χ3n) is 4.81. The second kappa shape index (κ2) is 6.83. The molecule has 1 saturated carbocycles. The molecule has 1 heterocycles. The van der Waals surface area contributed by atoms with Gasteiger partial charge in [-0.05, 0) is 49.2 Å². The molecular weight excluding hydrogens is 434 g/mol. The van der Waals surface area contributed by atoms with E-state index in [9.17, 15) is 13.2 Å². The molecule has 0 bridgehead atoms. The molecule has 8 heteroatoms. The molecule has 1 amide bonds. The van der Waals surface area contributed by atoms with Crippen molar-refractivity contribution in [1.29, 1.82) is 0 Å². The van der Waals surface area contributed by atoms with Crippen molar-refractivity contribution in [2.45, 2.75) is 42.7 Å². The van der Waals surface area contributed by atoms with Gasteiger partial charge in [0.1, 0.15) is 16.4 Å². The summed E-state index contributed by atoms with van der Waals surface area (Å²) >= 11 is 3.27. The van der Waals surface area contributed by atoms with Crippen molar-refractivity contribution in [2.24, 2.45) is 0 Å². The lowest BCUT2D eigenvalue weighted by Gasteiger charge is -2.41. The summed E-state index contributed by atoms with van der Waals surface area (Å²) in [4.78, 5) is 12.5. The van der Waals surface area contributed by atoms with E-state index in [1.165, 1.54) is 30.3 Å². The van der Waals surface area contributed by atoms with Crippen molar-refractivity contribution >= 4 is 32.0 Å². The van der Waals surface area contributed by atoms with Gasteiger partial charge in [0.15, 0.2) is 5.72 Å². The number of benzene rings is 2. The van der Waals surface area contributed by atoms with E-state index in [4.69, 9.17) is 8.92 Å². The minimum absolute atomic E-state index is 0.0471. The lowest BCUT2D eigenvalue weighted by Crippen LogP contribution is -2.56. The van der Waals surface area contributed by atoms with Gasteiger partial charge in [0.05, 0.1) is 5.56 Å². The van der Waals surface area contributed by atoms with Gasteiger partial charge in [0.2, 0.25) is 0 Å². The number of hydrogen-bond donors (Lipinski definition) is 1. The average molecular weight is 452 g/mol. The van der Waals surface area contributed by atoms with Crippen LogP contribution in [-0.2, 0) is 10.1 Å². The van der Waals surface area contributed by atoms with E-state index < -0.39 is 15.8 Å². The smallest absolute Gasteiger partial charge is 0.339 e. The molecule has 1 aliphatic heterocycles. The number of rotatable bonds is 3. The van der Waals surface area contributed by atoms with Crippen LogP contribution in [0.15, 0.2) is 51.8 Å². The maximum atomic E-state index is 12.5. The highest BCUT2D eigenvalue weighted by molar-refractivity contribution is 9.10. The van der Waals surface area contributed by atoms with Crippen LogP contribution < -0.4 is 14.2 Å². The Labute approximate surface area is 166 Å². The molecule has 1 fully saturated rings. The summed E-state index contributed by atoms with van der Waals surface area (Å²) in [5.41, 5.74) is -0.328. The highest BCUT2D eigenvalue weighted by atomic mass is 79.9. The van der Waals surface area contributed by atoms with Crippen molar-refractivity contribution in [3.63, 3.8) is 0 Å². The Bertz CT molecular complexity index is 982. The number of carbonyl (C=O) groups excluding carboxylic acids is 1. The quantitative estimate of drug-likeness (QED) is 0.713. The highest BCUT2D eigenvalue weighted by Gasteiger charge is 2.40. The number of ether oxygens (including phenoxy) is 1. The van der Waals surface area contributed by atoms with Gasteiger partial charge in [0, 0.05) is 23.4 Å². The first kappa shape index (κ1) is 18.3. The number of hydrogen-bond acceptors (Lipinski definition) is 5. The monoisotopic (exact) mass is 451 g/mol. The Kier molecular flexibility index (Phi) is 4.63. The summed E-state index contributed by atoms with van der Waals surface area (Å²) in [6, 6.07) is 10.6. The Hall–Kier alpha value is -2.06. The van der Waals surface area contributed by atoms with Crippen LogP contribution in [0.25, 0.3) is 0 Å². The van der Waals surface area contributed by atoms with E-state index in [-0.39, 0.29) is 16.6 Å². The lowest BCUT2D eigenvalue weighted by molar-refractivity contribution is -0.00869. The Morgan fingerprint density at radius 2 is 1.74 bits per heavy atom. The molecule has 1 aliphatic carbocycles. The van der Waals surface area contributed by atoms with Gasteiger partial charge in [-0.15, -0.1) is 0 Å². The first-order chi connectivity index (χ1) is 12.9. The van der Waals surface area contributed by atoms with Crippen LogP contribution >= 0.6 is 15.9 Å². The van der Waals surface area contributed by atoms with Gasteiger partial charge < -0.3 is 14.2 Å². The number of fused-ring (bicyclic) bond motifs is 1. The zero-order chi connectivity index (χ0) is 19.1. The second-order valence-corrected chi connectivity index (χ2v) is 9.22. The van der Waals surface area contributed by atoms with E-state index in [1.807, 2.05) is 0 Å². The molecular formula is C19H18BrNO5S. The molecule has 0 unspecified atom stereocenters. The summed E-state index contributed by atoms with van der Waals surface area (Å²) in [6.07, 6.45) is 4.54. The first-order valence-electron chi connectivity index (χ1n) is 8.73. The standard InChI is InChI=1S/C19H18BrNO5S/c20-13-4-7-15(8-5-13)27(23,24)26-14-6-9-16-17(12-14)25-19(21-18(16)22)10-2-1-3-11-19/h4-9,12H,1-3,10-11H2,(H,21,22). The molecule has 6 nitrogen and oxygen atoms in total. The lowest BCUT2D eigenvalue weighted by atomic mass is 9.90. The number of carbonyl (C=O) groups is 1. The average Bonchev–Trinajstić information content (AvgIpc) is 2.62. The van der Waals surface area contributed by atoms with Crippen molar-refractivity contribution < 1.29 is 22.1 Å². The van der Waals surface area contributed by atoms with Crippen LogP contribution in [0.5, 0.6) is 11.5 Å². The van der Waals surface area contributed by atoms with Gasteiger partial charge in [-0.1, -0.05) is 22.4 Å². The van der Waals surface area contributed by atoms with Crippen LogP contribution in [0.3, 0.4) is 0 Å². The minimum atomic E-state index is -3.98. The molecule has 2 aromatic carbocycles. The predicted octanol–water partition coefficient (Wildman–Crippen LogP) is 4.00. The van der Waals surface area contributed by atoms with Gasteiger partial charge in [-0.2, -0.15) is 8.42 Å². The zero-order valence-corrected chi connectivity index (χ0v) is 16.8. The summed E-state index contributed by atoms with van der Waals surface area (Å²) in [5, 5.41) is 2.96. The fourth-order valence-electron chi connectivity index (χ4n) is 3.46. The third-order valence-corrected chi connectivity index (χ3v) is 6.60. The number of amides is 1. The van der Waals surface area contributed by atoms with Crippen molar-refractivity contribution in [3.8, 4) is 11.5 Å². The van der Waals surface area contributed by atoms with Gasteiger partial charge in [0.25, 0.3) is 5.91 Å². The van der Waals surface area contributed by atoms with E-state index in [0.29, 0.717) is 11.3 Å². The van der Waals surface area contributed by atoms with Crippen LogP contribution in [-0.4, -0.2) is 20.0 Å². The van der Waals surface area contributed by atoms with Crippen LogP contribution in [0.4, 0.5) is 0 Å². The zero-order valence-electron chi connectivity index (χ0n) is 14.4. The fourth-order valence-corrected chi connectivity index (χ4v) is 4.65. The van der Waals surface area contributed by atoms with E-state index in [2.05, 4.69) is 21.2 Å². The normalized spacial score (nSPS) is 18.3. The summed E-state index contributed by atoms with van der Waals surface area (Å²) in [7, 11) is -3.98. The molecule has 0 saturated heterocycles. The molecule has 2 aliphatic rings. The molecule has 1 N–H and O–H groups in total. The summed E-state index contributed by atoms with van der Waals surface area (Å²) < 4.78 is 37.1. The SMILES string of the molecule is O=C1NC2(CCCCC2)Oc2cc(OS(=O)(=O)c3ccc(Br)cc3)ccc21. The van der Waals surface area contributed by atoms with Gasteiger partial charge in [-0.25, -0.2) is 0 Å². The van der Waals surface area contributed by atoms with Crippen LogP contribution in [0.2, 0.25) is 0 Å². The molecule has 27 heavy (non-hydrogen) atoms. The van der Waals surface area contributed by atoms with E-state index in [0.717, 1.165) is 36.6 Å². The minimum Gasteiger partial charge on any atom is -0.467 e. The highest BCUT2D eigenvalue weighted by Crippen LogP contribution is 2.38. The first-order valence-corrected chi connectivity index (χ1v) is 10.9. The number of nitrogens with one attached hydrogen (secondary N) is 1. The molecule has 0 atom stereocenters. The summed E-state index contributed by atoms with van der Waals surface area (Å²) in [6.45, 7) is 0. The molecule has 2 aromatic rings. The molecule has 1 spiro atoms. The Morgan fingerprint density at radius 1 is 1.04 bits per heavy atom. The van der Waals surface area contributed by atoms with E-state index in [1.54, 1.807) is 12.1 Å². The Morgan fingerprint density at radius 3 is 2.44 bits per heavy atom.